The number of aromatic amines is 1. The molecule has 0 aliphatic heterocycles. The molecule has 0 radical (unpaired) electrons. The zero-order valence-corrected chi connectivity index (χ0v) is 11.6. The van der Waals surface area contributed by atoms with Crippen LogP contribution in [0.3, 0.4) is 0 Å². The summed E-state index contributed by atoms with van der Waals surface area (Å²) in [5.74, 6) is 1.79. The Balaban J connectivity index is 1.64. The van der Waals surface area contributed by atoms with Gasteiger partial charge in [-0.15, -0.1) is 0 Å². The minimum absolute atomic E-state index is 0.575. The van der Waals surface area contributed by atoms with E-state index in [0.29, 0.717) is 5.41 Å². The van der Waals surface area contributed by atoms with E-state index in [0.717, 1.165) is 30.3 Å². The van der Waals surface area contributed by atoms with Crippen molar-refractivity contribution in [2.24, 2.45) is 5.41 Å². The van der Waals surface area contributed by atoms with Crippen LogP contribution in [0.2, 0.25) is 0 Å². The van der Waals surface area contributed by atoms with Gasteiger partial charge in [0.15, 0.2) is 5.76 Å². The fraction of sp³-hybridized carbons (Fsp3) is 0.533. The smallest absolute Gasteiger partial charge is 0.152 e. The van der Waals surface area contributed by atoms with Crippen molar-refractivity contribution in [1.82, 2.24) is 15.5 Å². The Hall–Kier alpha value is -1.55. The quantitative estimate of drug-likeness (QED) is 0.837. The summed E-state index contributed by atoms with van der Waals surface area (Å²) in [7, 11) is 0. The number of furan rings is 1. The maximum absolute atomic E-state index is 5.65. The molecular formula is C15H21N3O. The molecule has 102 valence electrons. The third-order valence-electron chi connectivity index (χ3n) is 4.23. The molecular weight excluding hydrogens is 238 g/mol. The van der Waals surface area contributed by atoms with Crippen LogP contribution in [0, 0.1) is 12.3 Å². The van der Waals surface area contributed by atoms with Gasteiger partial charge in [0.2, 0.25) is 0 Å². The van der Waals surface area contributed by atoms with Crippen LogP contribution >= 0.6 is 0 Å². The number of H-pyrrole nitrogens is 1. The second-order valence-electron chi connectivity index (χ2n) is 5.64. The number of hydrogen-bond donors (Lipinski definition) is 2. The highest BCUT2D eigenvalue weighted by Crippen LogP contribution is 2.47. The van der Waals surface area contributed by atoms with Gasteiger partial charge in [0, 0.05) is 18.7 Å². The molecule has 2 aromatic rings. The van der Waals surface area contributed by atoms with Gasteiger partial charge < -0.3 is 9.73 Å². The molecule has 0 aromatic carbocycles. The molecule has 1 saturated carbocycles. The molecule has 2 N–H and O–H groups in total. The third-order valence-corrected chi connectivity index (χ3v) is 4.23. The van der Waals surface area contributed by atoms with Gasteiger partial charge in [0.05, 0.1) is 6.20 Å². The van der Waals surface area contributed by atoms with Gasteiger partial charge >= 0.3 is 0 Å². The molecule has 0 atom stereocenters. The summed E-state index contributed by atoms with van der Waals surface area (Å²) in [6.07, 6.45) is 5.89. The normalized spacial score (nSPS) is 16.7. The van der Waals surface area contributed by atoms with Crippen molar-refractivity contribution in [1.29, 1.82) is 0 Å². The number of nitrogens with zero attached hydrogens (tertiary/aromatic N) is 1. The average Bonchev–Trinajstić information content (AvgIpc) is 2.82. The Morgan fingerprint density at radius 1 is 1.42 bits per heavy atom. The summed E-state index contributed by atoms with van der Waals surface area (Å²) in [6, 6.07) is 3.96. The van der Waals surface area contributed by atoms with E-state index in [4.69, 9.17) is 4.42 Å². The summed E-state index contributed by atoms with van der Waals surface area (Å²) in [5, 5.41) is 10.7. The summed E-state index contributed by atoms with van der Waals surface area (Å²) >= 11 is 0. The van der Waals surface area contributed by atoms with E-state index in [-0.39, 0.29) is 0 Å². The molecule has 4 nitrogen and oxygen atoms in total. The minimum Gasteiger partial charge on any atom is -0.460 e. The molecule has 4 heteroatoms. The van der Waals surface area contributed by atoms with Crippen molar-refractivity contribution >= 4 is 0 Å². The molecule has 1 aliphatic rings. The van der Waals surface area contributed by atoms with E-state index in [9.17, 15) is 0 Å². The topological polar surface area (TPSA) is 53.9 Å². The molecule has 19 heavy (non-hydrogen) atoms. The molecule has 2 aromatic heterocycles. The van der Waals surface area contributed by atoms with Crippen molar-refractivity contribution in [3.05, 3.63) is 29.7 Å². The Morgan fingerprint density at radius 2 is 2.26 bits per heavy atom. The summed E-state index contributed by atoms with van der Waals surface area (Å²) < 4.78 is 5.65. The van der Waals surface area contributed by atoms with Gasteiger partial charge in [-0.2, -0.15) is 5.10 Å². The second kappa shape index (κ2) is 4.85. The Morgan fingerprint density at radius 3 is 2.89 bits per heavy atom. The van der Waals surface area contributed by atoms with Gasteiger partial charge in [0.25, 0.3) is 0 Å². The molecule has 0 bridgehead atoms. The number of aryl methyl sites for hydroxylation is 1. The Kier molecular flexibility index (Phi) is 3.19. The zero-order chi connectivity index (χ0) is 13.3. The lowest BCUT2D eigenvalue weighted by molar-refractivity contribution is 0.443. The lowest BCUT2D eigenvalue weighted by atomic mass is 10.0. The van der Waals surface area contributed by atoms with Crippen LogP contribution in [0.15, 0.2) is 22.7 Å². The lowest BCUT2D eigenvalue weighted by Crippen LogP contribution is -2.23. The highest BCUT2D eigenvalue weighted by molar-refractivity contribution is 5.56. The summed E-state index contributed by atoms with van der Waals surface area (Å²) in [4.78, 5) is 0. The maximum Gasteiger partial charge on any atom is 0.152 e. The van der Waals surface area contributed by atoms with Crippen LogP contribution in [0.5, 0.6) is 0 Å². The SMILES string of the molecule is CCC1(CNCc2cn[nH]c2-c2ccc(C)o2)CC1. The van der Waals surface area contributed by atoms with Gasteiger partial charge in [0.1, 0.15) is 11.5 Å². The van der Waals surface area contributed by atoms with Crippen molar-refractivity contribution in [3.63, 3.8) is 0 Å². The summed E-state index contributed by atoms with van der Waals surface area (Å²) in [5.41, 5.74) is 2.73. The first-order chi connectivity index (χ1) is 9.22. The fourth-order valence-corrected chi connectivity index (χ4v) is 2.52. The van der Waals surface area contributed by atoms with Gasteiger partial charge in [-0.3, -0.25) is 5.10 Å². The van der Waals surface area contributed by atoms with E-state index in [2.05, 4.69) is 22.4 Å². The van der Waals surface area contributed by atoms with Crippen LogP contribution in [0.1, 0.15) is 37.5 Å². The van der Waals surface area contributed by atoms with E-state index >= 15 is 0 Å². The molecule has 0 saturated heterocycles. The van der Waals surface area contributed by atoms with Crippen LogP contribution in [-0.2, 0) is 6.54 Å². The number of rotatable bonds is 6. The van der Waals surface area contributed by atoms with Crippen LogP contribution in [0.4, 0.5) is 0 Å². The monoisotopic (exact) mass is 259 g/mol. The van der Waals surface area contributed by atoms with E-state index in [1.165, 1.54) is 24.8 Å². The predicted molar refractivity (Wildman–Crippen MR) is 74.7 cm³/mol. The number of nitrogens with one attached hydrogen (secondary N) is 2. The highest BCUT2D eigenvalue weighted by atomic mass is 16.3. The minimum atomic E-state index is 0.575. The Bertz CT molecular complexity index is 551. The number of aromatic nitrogens is 2. The van der Waals surface area contributed by atoms with Crippen molar-refractivity contribution in [3.8, 4) is 11.5 Å². The molecule has 2 heterocycles. The third kappa shape index (κ3) is 2.59. The summed E-state index contributed by atoms with van der Waals surface area (Å²) in [6.45, 7) is 6.18. The van der Waals surface area contributed by atoms with Gasteiger partial charge in [-0.05, 0) is 43.7 Å². The first kappa shape index (κ1) is 12.5. The Labute approximate surface area is 113 Å². The molecule has 0 unspecified atom stereocenters. The first-order valence-corrected chi connectivity index (χ1v) is 7.02. The van der Waals surface area contributed by atoms with Crippen molar-refractivity contribution < 1.29 is 4.42 Å². The molecule has 3 rings (SSSR count). The zero-order valence-electron chi connectivity index (χ0n) is 11.6. The van der Waals surface area contributed by atoms with Gasteiger partial charge in [-0.1, -0.05) is 6.92 Å². The van der Waals surface area contributed by atoms with Crippen LogP contribution in [-0.4, -0.2) is 16.7 Å². The maximum atomic E-state index is 5.65. The standard InChI is InChI=1S/C15H21N3O/c1-3-15(6-7-15)10-16-8-12-9-17-18-14(12)13-5-4-11(2)19-13/h4-5,9,16H,3,6-8,10H2,1-2H3,(H,17,18). The largest absolute Gasteiger partial charge is 0.460 e. The van der Waals surface area contributed by atoms with Gasteiger partial charge in [-0.25, -0.2) is 0 Å². The van der Waals surface area contributed by atoms with Crippen LogP contribution < -0.4 is 5.32 Å². The van der Waals surface area contributed by atoms with Crippen molar-refractivity contribution in [2.75, 3.05) is 6.54 Å². The molecule has 1 aliphatic carbocycles. The van der Waals surface area contributed by atoms with Crippen molar-refractivity contribution in [2.45, 2.75) is 39.7 Å². The predicted octanol–water partition coefficient (Wildman–Crippen LogP) is 3.26. The lowest BCUT2D eigenvalue weighted by Gasteiger charge is -2.13. The fourth-order valence-electron chi connectivity index (χ4n) is 2.52. The highest BCUT2D eigenvalue weighted by Gasteiger charge is 2.39. The number of hydrogen-bond acceptors (Lipinski definition) is 3. The second-order valence-corrected chi connectivity index (χ2v) is 5.64. The van der Waals surface area contributed by atoms with Crippen LogP contribution in [0.25, 0.3) is 11.5 Å². The first-order valence-electron chi connectivity index (χ1n) is 7.02. The van der Waals surface area contributed by atoms with E-state index < -0.39 is 0 Å². The van der Waals surface area contributed by atoms with E-state index in [1.54, 1.807) is 0 Å². The molecule has 0 amide bonds. The average molecular weight is 259 g/mol. The molecule has 0 spiro atoms. The van der Waals surface area contributed by atoms with E-state index in [1.807, 2.05) is 25.3 Å². The molecule has 1 fully saturated rings.